The highest BCUT2D eigenvalue weighted by Gasteiger charge is 2.36. The van der Waals surface area contributed by atoms with Gasteiger partial charge in [0, 0.05) is 43.3 Å². The van der Waals surface area contributed by atoms with Gasteiger partial charge in [-0.1, -0.05) is 18.2 Å². The number of ether oxygens (including phenoxy) is 2. The van der Waals surface area contributed by atoms with Crippen LogP contribution in [0.5, 0.6) is 11.5 Å². The number of alkyl halides is 3. The second-order valence-corrected chi connectivity index (χ2v) is 6.90. The molecular formula is C21H21F3N4O2. The summed E-state index contributed by atoms with van der Waals surface area (Å²) in [6.45, 7) is 2.41. The molecule has 0 unspecified atom stereocenters. The molecule has 6 nitrogen and oxygen atoms in total. The summed E-state index contributed by atoms with van der Waals surface area (Å²) in [5.74, 6) is -0.182. The van der Waals surface area contributed by atoms with E-state index in [0.717, 1.165) is 5.69 Å². The van der Waals surface area contributed by atoms with E-state index in [4.69, 9.17) is 9.47 Å². The highest BCUT2D eigenvalue weighted by molar-refractivity contribution is 5.92. The Morgan fingerprint density at radius 1 is 0.833 bits per heavy atom. The molecule has 0 saturated carbocycles. The van der Waals surface area contributed by atoms with Gasteiger partial charge in [0.05, 0.1) is 19.7 Å². The maximum Gasteiger partial charge on any atom is 0.451 e. The van der Waals surface area contributed by atoms with Crippen molar-refractivity contribution in [3.8, 4) is 11.5 Å². The number of piperazine rings is 1. The van der Waals surface area contributed by atoms with Gasteiger partial charge in [0.25, 0.3) is 0 Å². The Morgan fingerprint density at radius 3 is 2.03 bits per heavy atom. The van der Waals surface area contributed by atoms with Crippen molar-refractivity contribution in [3.05, 3.63) is 48.3 Å². The maximum absolute atomic E-state index is 13.5. The van der Waals surface area contributed by atoms with Gasteiger partial charge in [-0.05, 0) is 18.2 Å². The van der Waals surface area contributed by atoms with E-state index in [1.165, 1.54) is 20.3 Å². The molecule has 0 radical (unpaired) electrons. The summed E-state index contributed by atoms with van der Waals surface area (Å²) in [7, 11) is 2.91. The van der Waals surface area contributed by atoms with Crippen molar-refractivity contribution in [1.82, 2.24) is 9.97 Å². The van der Waals surface area contributed by atoms with Crippen LogP contribution in [0.15, 0.2) is 42.5 Å². The number of para-hydroxylation sites is 1. The third-order valence-corrected chi connectivity index (χ3v) is 5.14. The average Bonchev–Trinajstić information content (AvgIpc) is 2.77. The number of halogens is 3. The van der Waals surface area contributed by atoms with Crippen LogP contribution in [0, 0.1) is 0 Å². The zero-order valence-electron chi connectivity index (χ0n) is 16.6. The summed E-state index contributed by atoms with van der Waals surface area (Å²) in [6, 6.07) is 13.0. The lowest BCUT2D eigenvalue weighted by atomic mass is 10.1. The van der Waals surface area contributed by atoms with Crippen LogP contribution in [-0.2, 0) is 6.18 Å². The molecule has 1 aromatic heterocycles. The minimum absolute atomic E-state index is 0.162. The summed E-state index contributed by atoms with van der Waals surface area (Å²) in [5.41, 5.74) is 1.25. The van der Waals surface area contributed by atoms with Crippen molar-refractivity contribution in [2.24, 2.45) is 0 Å². The number of aromatic nitrogens is 2. The molecule has 0 amide bonds. The Kier molecular flexibility index (Phi) is 5.27. The van der Waals surface area contributed by atoms with Crippen LogP contribution in [0.3, 0.4) is 0 Å². The van der Waals surface area contributed by atoms with Gasteiger partial charge in [-0.2, -0.15) is 13.2 Å². The minimum atomic E-state index is -4.65. The molecule has 3 aromatic rings. The number of anilines is 2. The average molecular weight is 418 g/mol. The smallest absolute Gasteiger partial charge is 0.451 e. The van der Waals surface area contributed by atoms with Crippen LogP contribution in [0.4, 0.5) is 24.7 Å². The zero-order chi connectivity index (χ0) is 21.3. The Labute approximate surface area is 171 Å². The first-order chi connectivity index (χ1) is 14.4. The Hall–Kier alpha value is -3.23. The summed E-state index contributed by atoms with van der Waals surface area (Å²) < 4.78 is 51.0. The fourth-order valence-corrected chi connectivity index (χ4v) is 3.62. The van der Waals surface area contributed by atoms with Gasteiger partial charge in [0.2, 0.25) is 5.82 Å². The van der Waals surface area contributed by atoms with E-state index >= 15 is 0 Å². The lowest BCUT2D eigenvalue weighted by Gasteiger charge is -2.37. The maximum atomic E-state index is 13.5. The second-order valence-electron chi connectivity index (χ2n) is 6.90. The van der Waals surface area contributed by atoms with E-state index in [9.17, 15) is 13.2 Å². The fraction of sp³-hybridized carbons (Fsp3) is 0.333. The van der Waals surface area contributed by atoms with Crippen LogP contribution >= 0.6 is 0 Å². The molecule has 0 bridgehead atoms. The largest absolute Gasteiger partial charge is 0.493 e. The third-order valence-electron chi connectivity index (χ3n) is 5.14. The van der Waals surface area contributed by atoms with Crippen LogP contribution in [-0.4, -0.2) is 50.4 Å². The lowest BCUT2D eigenvalue weighted by molar-refractivity contribution is -0.144. The number of benzene rings is 2. The predicted octanol–water partition coefficient (Wildman–Crippen LogP) is 3.99. The first-order valence-corrected chi connectivity index (χ1v) is 9.46. The Morgan fingerprint density at radius 2 is 1.43 bits per heavy atom. The van der Waals surface area contributed by atoms with Gasteiger partial charge in [-0.3, -0.25) is 0 Å². The van der Waals surface area contributed by atoms with Crippen LogP contribution < -0.4 is 19.3 Å². The molecule has 158 valence electrons. The summed E-state index contributed by atoms with van der Waals surface area (Å²) in [5, 5.41) is 0.494. The van der Waals surface area contributed by atoms with Crippen molar-refractivity contribution in [1.29, 1.82) is 0 Å². The zero-order valence-corrected chi connectivity index (χ0v) is 16.6. The molecule has 1 aliphatic heterocycles. The molecular weight excluding hydrogens is 397 g/mol. The molecule has 1 fully saturated rings. The highest BCUT2D eigenvalue weighted by Crippen LogP contribution is 2.38. The van der Waals surface area contributed by atoms with Gasteiger partial charge in [0.1, 0.15) is 5.82 Å². The first kappa shape index (κ1) is 20.1. The van der Waals surface area contributed by atoms with Crippen molar-refractivity contribution in [2.75, 3.05) is 50.2 Å². The topological polar surface area (TPSA) is 50.7 Å². The van der Waals surface area contributed by atoms with E-state index in [2.05, 4.69) is 14.9 Å². The number of hydrogen-bond donors (Lipinski definition) is 0. The van der Waals surface area contributed by atoms with Gasteiger partial charge < -0.3 is 19.3 Å². The van der Waals surface area contributed by atoms with Crippen LogP contribution in [0.1, 0.15) is 5.82 Å². The van der Waals surface area contributed by atoms with E-state index < -0.39 is 12.0 Å². The van der Waals surface area contributed by atoms with E-state index in [1.54, 1.807) is 6.07 Å². The molecule has 4 rings (SSSR count). The summed E-state index contributed by atoms with van der Waals surface area (Å²) in [6.07, 6.45) is -4.65. The lowest BCUT2D eigenvalue weighted by Crippen LogP contribution is -2.47. The normalized spacial score (nSPS) is 14.8. The van der Waals surface area contributed by atoms with Crippen molar-refractivity contribution < 1.29 is 22.6 Å². The second kappa shape index (κ2) is 7.89. The standard InChI is InChI=1S/C21H21F3N4O2/c1-29-17-12-15-16(13-18(17)30-2)25-20(21(22,23)24)26-19(15)28-10-8-27(9-11-28)14-6-4-3-5-7-14/h3-7,12-13H,8-11H2,1-2H3. The Bertz CT molecular complexity index is 1040. The quantitative estimate of drug-likeness (QED) is 0.639. The van der Waals surface area contributed by atoms with Gasteiger partial charge in [-0.15, -0.1) is 0 Å². The van der Waals surface area contributed by atoms with Crippen molar-refractivity contribution in [3.63, 3.8) is 0 Å². The molecule has 1 saturated heterocycles. The minimum Gasteiger partial charge on any atom is -0.493 e. The number of nitrogens with zero attached hydrogens (tertiary/aromatic N) is 4. The van der Waals surface area contributed by atoms with Crippen molar-refractivity contribution >= 4 is 22.4 Å². The molecule has 1 aliphatic rings. The summed E-state index contributed by atoms with van der Waals surface area (Å²) in [4.78, 5) is 11.7. The molecule has 2 aromatic carbocycles. The molecule has 0 aliphatic carbocycles. The molecule has 2 heterocycles. The molecule has 30 heavy (non-hydrogen) atoms. The molecule has 0 N–H and O–H groups in total. The van der Waals surface area contributed by atoms with E-state index in [0.29, 0.717) is 43.1 Å². The van der Waals surface area contributed by atoms with Crippen molar-refractivity contribution in [2.45, 2.75) is 6.18 Å². The number of hydrogen-bond acceptors (Lipinski definition) is 6. The first-order valence-electron chi connectivity index (χ1n) is 9.46. The molecule has 0 spiro atoms. The number of rotatable bonds is 4. The van der Waals surface area contributed by atoms with Crippen LogP contribution in [0.2, 0.25) is 0 Å². The van der Waals surface area contributed by atoms with E-state index in [-0.39, 0.29) is 11.3 Å². The highest BCUT2D eigenvalue weighted by atomic mass is 19.4. The predicted molar refractivity (Wildman–Crippen MR) is 109 cm³/mol. The van der Waals surface area contributed by atoms with Crippen LogP contribution in [0.25, 0.3) is 10.9 Å². The molecule has 0 atom stereocenters. The monoisotopic (exact) mass is 418 g/mol. The van der Waals surface area contributed by atoms with Gasteiger partial charge in [0.15, 0.2) is 11.5 Å². The Balaban J connectivity index is 1.73. The number of fused-ring (bicyclic) bond motifs is 1. The SMILES string of the molecule is COc1cc2nc(C(F)(F)F)nc(N3CCN(c4ccccc4)CC3)c2cc1OC. The third kappa shape index (κ3) is 3.79. The van der Waals surface area contributed by atoms with Gasteiger partial charge >= 0.3 is 6.18 Å². The van der Waals surface area contributed by atoms with E-state index in [1.807, 2.05) is 35.2 Å². The number of methoxy groups -OCH3 is 2. The summed E-state index contributed by atoms with van der Waals surface area (Å²) >= 11 is 0. The fourth-order valence-electron chi connectivity index (χ4n) is 3.62. The van der Waals surface area contributed by atoms with Gasteiger partial charge in [-0.25, -0.2) is 9.97 Å². The molecule has 9 heteroatoms.